The van der Waals surface area contributed by atoms with Crippen LogP contribution in [0.15, 0.2) is 30.3 Å². The molecule has 0 radical (unpaired) electrons. The first kappa shape index (κ1) is 14.5. The van der Waals surface area contributed by atoms with Crippen LogP contribution in [-0.4, -0.2) is 35.6 Å². The first-order chi connectivity index (χ1) is 10.3. The minimum atomic E-state index is 0.867. The number of fused-ring (bicyclic) bond motifs is 1. The highest BCUT2D eigenvalue weighted by Crippen LogP contribution is 2.25. The van der Waals surface area contributed by atoms with Crippen molar-refractivity contribution in [2.45, 2.75) is 39.3 Å². The first-order valence-corrected chi connectivity index (χ1v) is 8.07. The second-order valence-electron chi connectivity index (χ2n) is 6.02. The minimum absolute atomic E-state index is 0.867. The van der Waals surface area contributed by atoms with Crippen molar-refractivity contribution in [3.05, 3.63) is 41.6 Å². The van der Waals surface area contributed by atoms with Crippen LogP contribution in [0.5, 0.6) is 0 Å². The Kier molecular flexibility index (Phi) is 4.51. The zero-order valence-corrected chi connectivity index (χ0v) is 13.1. The molecular weight excluding hydrogens is 258 g/mol. The molecule has 1 aromatic carbocycles. The van der Waals surface area contributed by atoms with Gasteiger partial charge in [0.05, 0.1) is 5.52 Å². The van der Waals surface area contributed by atoms with Crippen LogP contribution in [0.1, 0.15) is 31.0 Å². The van der Waals surface area contributed by atoms with E-state index in [2.05, 4.69) is 52.5 Å². The Morgan fingerprint density at radius 3 is 2.86 bits per heavy atom. The van der Waals surface area contributed by atoms with Gasteiger partial charge in [-0.05, 0) is 50.1 Å². The van der Waals surface area contributed by atoms with E-state index >= 15 is 0 Å². The highest BCUT2D eigenvalue weighted by Gasteiger charge is 2.26. The molecular formula is C18H25N3. The van der Waals surface area contributed by atoms with Crippen LogP contribution in [0, 0.1) is 6.92 Å². The third-order valence-electron chi connectivity index (χ3n) is 4.27. The Hall–Kier alpha value is -1.45. The molecule has 112 valence electrons. The summed E-state index contributed by atoms with van der Waals surface area (Å²) in [6.07, 6.45) is 2.79. The topological polar surface area (TPSA) is 28.2 Å². The summed E-state index contributed by atoms with van der Waals surface area (Å²) in [6.45, 7) is 8.63. The zero-order chi connectivity index (χ0) is 14.7. The van der Waals surface area contributed by atoms with E-state index in [9.17, 15) is 0 Å². The summed E-state index contributed by atoms with van der Waals surface area (Å²) in [7, 11) is 0. The molecule has 0 aliphatic heterocycles. The van der Waals surface area contributed by atoms with Crippen LogP contribution in [0.3, 0.4) is 0 Å². The molecule has 2 aromatic rings. The van der Waals surface area contributed by atoms with E-state index in [-0.39, 0.29) is 0 Å². The number of hydrogen-bond acceptors (Lipinski definition) is 3. The van der Waals surface area contributed by atoms with Crippen molar-refractivity contribution in [2.24, 2.45) is 0 Å². The van der Waals surface area contributed by atoms with Gasteiger partial charge >= 0.3 is 0 Å². The van der Waals surface area contributed by atoms with Gasteiger partial charge in [0.2, 0.25) is 0 Å². The van der Waals surface area contributed by atoms with Gasteiger partial charge in [0.15, 0.2) is 0 Å². The van der Waals surface area contributed by atoms with Gasteiger partial charge in [-0.3, -0.25) is 9.88 Å². The van der Waals surface area contributed by atoms with Crippen molar-refractivity contribution >= 4 is 10.9 Å². The lowest BCUT2D eigenvalue weighted by Gasteiger charge is -2.19. The number of benzene rings is 1. The lowest BCUT2D eigenvalue weighted by molar-refractivity contribution is 0.277. The molecule has 1 fully saturated rings. The number of nitrogens with zero attached hydrogens (tertiary/aromatic N) is 2. The summed E-state index contributed by atoms with van der Waals surface area (Å²) in [5.74, 6) is 0. The third kappa shape index (κ3) is 3.80. The highest BCUT2D eigenvalue weighted by molar-refractivity contribution is 5.79. The summed E-state index contributed by atoms with van der Waals surface area (Å²) in [5, 5.41) is 4.79. The molecule has 0 spiro atoms. The van der Waals surface area contributed by atoms with Gasteiger partial charge in [-0.2, -0.15) is 0 Å². The van der Waals surface area contributed by atoms with E-state index in [0.29, 0.717) is 0 Å². The number of nitrogens with one attached hydrogen (secondary N) is 1. The standard InChI is InChI=1S/C18H25N3/c1-3-21(17-7-8-17)11-10-19-13-15-5-9-18-16(12-15)6-4-14(2)20-18/h4-6,9,12,17,19H,3,7-8,10-11,13H2,1-2H3. The van der Waals surface area contributed by atoms with Gasteiger partial charge in [0, 0.05) is 36.8 Å². The molecule has 3 heteroatoms. The van der Waals surface area contributed by atoms with Gasteiger partial charge in [0.25, 0.3) is 0 Å². The summed E-state index contributed by atoms with van der Waals surface area (Å²) < 4.78 is 0. The largest absolute Gasteiger partial charge is 0.311 e. The van der Waals surface area contributed by atoms with Crippen molar-refractivity contribution in [1.29, 1.82) is 0 Å². The Bertz CT molecular complexity index is 604. The summed E-state index contributed by atoms with van der Waals surface area (Å²) in [5.41, 5.74) is 3.50. The van der Waals surface area contributed by atoms with Crippen LogP contribution in [0.4, 0.5) is 0 Å². The number of hydrogen-bond donors (Lipinski definition) is 1. The van der Waals surface area contributed by atoms with Crippen LogP contribution in [0.2, 0.25) is 0 Å². The summed E-state index contributed by atoms with van der Waals surface area (Å²) >= 11 is 0. The molecule has 1 aliphatic rings. The van der Waals surface area contributed by atoms with E-state index in [4.69, 9.17) is 0 Å². The minimum Gasteiger partial charge on any atom is -0.311 e. The quantitative estimate of drug-likeness (QED) is 0.791. The molecule has 0 atom stereocenters. The average Bonchev–Trinajstić information content (AvgIpc) is 3.32. The van der Waals surface area contributed by atoms with E-state index in [1.807, 2.05) is 6.92 Å². The zero-order valence-electron chi connectivity index (χ0n) is 13.1. The van der Waals surface area contributed by atoms with Crippen LogP contribution in [-0.2, 0) is 6.54 Å². The predicted molar refractivity (Wildman–Crippen MR) is 88.5 cm³/mol. The highest BCUT2D eigenvalue weighted by atomic mass is 15.2. The molecule has 3 nitrogen and oxygen atoms in total. The first-order valence-electron chi connectivity index (χ1n) is 8.07. The van der Waals surface area contributed by atoms with E-state index < -0.39 is 0 Å². The van der Waals surface area contributed by atoms with Crippen LogP contribution < -0.4 is 5.32 Å². The van der Waals surface area contributed by atoms with Crippen molar-refractivity contribution in [3.8, 4) is 0 Å². The monoisotopic (exact) mass is 283 g/mol. The third-order valence-corrected chi connectivity index (χ3v) is 4.27. The second kappa shape index (κ2) is 6.54. The molecule has 0 amide bonds. The Morgan fingerprint density at radius 1 is 1.24 bits per heavy atom. The van der Waals surface area contributed by atoms with Gasteiger partial charge in [-0.25, -0.2) is 0 Å². The number of aryl methyl sites for hydroxylation is 1. The molecule has 0 bridgehead atoms. The average molecular weight is 283 g/mol. The lowest BCUT2D eigenvalue weighted by atomic mass is 10.1. The second-order valence-corrected chi connectivity index (χ2v) is 6.02. The molecule has 3 rings (SSSR count). The van der Waals surface area contributed by atoms with Crippen molar-refractivity contribution in [2.75, 3.05) is 19.6 Å². The molecule has 1 aromatic heterocycles. The van der Waals surface area contributed by atoms with Crippen molar-refractivity contribution in [3.63, 3.8) is 0 Å². The Labute approximate surface area is 127 Å². The lowest BCUT2D eigenvalue weighted by Crippen LogP contribution is -2.33. The van der Waals surface area contributed by atoms with Gasteiger partial charge < -0.3 is 5.32 Å². The molecule has 1 N–H and O–H groups in total. The smallest absolute Gasteiger partial charge is 0.0705 e. The molecule has 1 aliphatic carbocycles. The molecule has 1 heterocycles. The summed E-state index contributed by atoms with van der Waals surface area (Å²) in [4.78, 5) is 7.13. The fourth-order valence-electron chi connectivity index (χ4n) is 2.88. The van der Waals surface area contributed by atoms with Gasteiger partial charge in [-0.1, -0.05) is 19.1 Å². The maximum atomic E-state index is 4.55. The van der Waals surface area contributed by atoms with E-state index in [1.165, 1.54) is 30.3 Å². The van der Waals surface area contributed by atoms with Gasteiger partial charge in [-0.15, -0.1) is 0 Å². The van der Waals surface area contributed by atoms with Crippen molar-refractivity contribution < 1.29 is 0 Å². The van der Waals surface area contributed by atoms with Crippen LogP contribution in [0.25, 0.3) is 10.9 Å². The fraction of sp³-hybridized carbons (Fsp3) is 0.500. The SMILES string of the molecule is CCN(CCNCc1ccc2nc(C)ccc2c1)C1CC1. The molecule has 21 heavy (non-hydrogen) atoms. The Balaban J connectivity index is 1.52. The van der Waals surface area contributed by atoms with E-state index in [1.54, 1.807) is 0 Å². The number of likely N-dealkylation sites (N-methyl/N-ethyl adjacent to an activating group) is 1. The summed E-state index contributed by atoms with van der Waals surface area (Å²) in [6, 6.07) is 11.7. The van der Waals surface area contributed by atoms with Crippen LogP contribution >= 0.6 is 0 Å². The number of pyridine rings is 1. The maximum Gasteiger partial charge on any atom is 0.0705 e. The van der Waals surface area contributed by atoms with E-state index in [0.717, 1.165) is 36.9 Å². The molecule has 1 saturated carbocycles. The number of rotatable bonds is 7. The fourth-order valence-corrected chi connectivity index (χ4v) is 2.88. The van der Waals surface area contributed by atoms with Gasteiger partial charge in [0.1, 0.15) is 0 Å². The van der Waals surface area contributed by atoms with Crippen molar-refractivity contribution in [1.82, 2.24) is 15.2 Å². The predicted octanol–water partition coefficient (Wildman–Crippen LogP) is 3.12. The number of aromatic nitrogens is 1. The molecule has 0 unspecified atom stereocenters. The maximum absolute atomic E-state index is 4.55. The molecule has 0 saturated heterocycles. The Morgan fingerprint density at radius 2 is 2.10 bits per heavy atom. The normalized spacial score (nSPS) is 15.0.